The third kappa shape index (κ3) is 4.63. The Hall–Kier alpha value is -0.600. The van der Waals surface area contributed by atoms with E-state index < -0.39 is 0 Å². The maximum absolute atomic E-state index is 11.1. The number of hydrogen-bond donors (Lipinski definition) is 1. The molecule has 1 rings (SSSR count). The Kier molecular flexibility index (Phi) is 5.06. The van der Waals surface area contributed by atoms with Crippen molar-refractivity contribution in [1.82, 2.24) is 14.7 Å². The predicted octanol–water partition coefficient (Wildman–Crippen LogP) is 1.01. The van der Waals surface area contributed by atoms with Crippen LogP contribution in [0.3, 0.4) is 0 Å². The highest BCUT2D eigenvalue weighted by Crippen LogP contribution is 2.22. The fourth-order valence-corrected chi connectivity index (χ4v) is 2.71. The van der Waals surface area contributed by atoms with Gasteiger partial charge in [0.1, 0.15) is 0 Å². The minimum Gasteiger partial charge on any atom is -0.296 e. The summed E-state index contributed by atoms with van der Waals surface area (Å²) < 4.78 is 4.78. The summed E-state index contributed by atoms with van der Waals surface area (Å²) in [7, 11) is 0. The van der Waals surface area contributed by atoms with Crippen LogP contribution in [0, 0.1) is 0 Å². The normalized spacial score (nSPS) is 10.0. The summed E-state index contributed by atoms with van der Waals surface area (Å²) in [5.74, 6) is -0.473. The van der Waals surface area contributed by atoms with E-state index in [4.69, 9.17) is 0 Å². The summed E-state index contributed by atoms with van der Waals surface area (Å²) in [5.41, 5.74) is 0. The van der Waals surface area contributed by atoms with Gasteiger partial charge in [-0.1, -0.05) is 23.5 Å². The molecule has 0 aliphatic carbocycles. The number of carbonyl (C=O) groups is 2. The second kappa shape index (κ2) is 6.09. The van der Waals surface area contributed by atoms with Crippen LogP contribution < -0.4 is 5.32 Å². The maximum atomic E-state index is 11.1. The Labute approximate surface area is 99.6 Å². The summed E-state index contributed by atoms with van der Waals surface area (Å²) >= 11 is 3.98. The van der Waals surface area contributed by atoms with Gasteiger partial charge < -0.3 is 0 Å². The Bertz CT molecular complexity index is 366. The molecule has 0 aromatic carbocycles. The molecule has 1 aromatic rings. The topological polar surface area (TPSA) is 72.0 Å². The van der Waals surface area contributed by atoms with Crippen molar-refractivity contribution >= 4 is 46.9 Å². The largest absolute Gasteiger partial charge is 0.296 e. The molecule has 0 saturated carbocycles. The lowest BCUT2D eigenvalue weighted by atomic mass is 10.6. The number of carbonyl (C=O) groups excluding carboxylic acids is 2. The number of nitrogens with one attached hydrogen (secondary N) is 1. The molecule has 82 valence electrons. The lowest BCUT2D eigenvalue weighted by Crippen LogP contribution is -2.29. The highest BCUT2D eigenvalue weighted by atomic mass is 32.2. The number of thioether (sulfide) groups is 2. The maximum Gasteiger partial charge on any atom is 0.236 e. The van der Waals surface area contributed by atoms with E-state index in [2.05, 4.69) is 14.7 Å². The van der Waals surface area contributed by atoms with Crippen molar-refractivity contribution in [2.24, 2.45) is 0 Å². The van der Waals surface area contributed by atoms with Crippen LogP contribution in [0.1, 0.15) is 6.92 Å². The van der Waals surface area contributed by atoms with Gasteiger partial charge in [0.2, 0.25) is 17.0 Å². The van der Waals surface area contributed by atoms with Gasteiger partial charge >= 0.3 is 0 Å². The van der Waals surface area contributed by atoms with E-state index in [9.17, 15) is 9.59 Å². The molecule has 0 unspecified atom stereocenters. The summed E-state index contributed by atoms with van der Waals surface area (Å²) in [6, 6.07) is 0. The van der Waals surface area contributed by atoms with Crippen LogP contribution >= 0.6 is 35.1 Å². The minimum atomic E-state index is -0.345. The molecule has 0 aliphatic rings. The Balaban J connectivity index is 2.36. The zero-order chi connectivity index (χ0) is 11.3. The molecule has 8 heteroatoms. The molecule has 15 heavy (non-hydrogen) atoms. The zero-order valence-electron chi connectivity index (χ0n) is 8.14. The lowest BCUT2D eigenvalue weighted by molar-refractivity contribution is -0.127. The van der Waals surface area contributed by atoms with Crippen molar-refractivity contribution in [2.45, 2.75) is 16.4 Å². The first-order valence-electron chi connectivity index (χ1n) is 3.92. The molecule has 1 heterocycles. The number of amides is 2. The van der Waals surface area contributed by atoms with Gasteiger partial charge in [-0.2, -0.15) is 4.37 Å². The van der Waals surface area contributed by atoms with Crippen LogP contribution in [-0.4, -0.2) is 33.2 Å². The van der Waals surface area contributed by atoms with Crippen molar-refractivity contribution in [2.75, 3.05) is 12.0 Å². The smallest absolute Gasteiger partial charge is 0.236 e. The summed E-state index contributed by atoms with van der Waals surface area (Å²) in [5, 5.41) is 2.89. The van der Waals surface area contributed by atoms with Crippen LogP contribution in [0.2, 0.25) is 0 Å². The third-order valence-corrected chi connectivity index (χ3v) is 3.71. The van der Waals surface area contributed by atoms with Gasteiger partial charge in [0, 0.05) is 6.92 Å². The zero-order valence-corrected chi connectivity index (χ0v) is 10.6. The number of nitrogens with zero attached hydrogens (tertiary/aromatic N) is 2. The van der Waals surface area contributed by atoms with Gasteiger partial charge in [-0.05, 0) is 17.8 Å². The molecule has 0 saturated heterocycles. The van der Waals surface area contributed by atoms with E-state index in [-0.39, 0.29) is 17.6 Å². The van der Waals surface area contributed by atoms with Gasteiger partial charge in [-0.15, -0.1) is 0 Å². The highest BCUT2D eigenvalue weighted by Gasteiger charge is 2.08. The molecule has 2 amide bonds. The van der Waals surface area contributed by atoms with E-state index in [0.29, 0.717) is 5.16 Å². The molecule has 0 fully saturated rings. The number of imide groups is 1. The van der Waals surface area contributed by atoms with Crippen LogP contribution in [-0.2, 0) is 9.59 Å². The second-order valence-corrected chi connectivity index (χ2v) is 5.19. The minimum absolute atomic E-state index is 0.183. The molecule has 5 nitrogen and oxygen atoms in total. The molecule has 1 N–H and O–H groups in total. The molecule has 0 atom stereocenters. The van der Waals surface area contributed by atoms with Crippen molar-refractivity contribution in [3.63, 3.8) is 0 Å². The first-order chi connectivity index (χ1) is 7.11. The molecule has 0 bridgehead atoms. The van der Waals surface area contributed by atoms with Gasteiger partial charge in [-0.3, -0.25) is 14.9 Å². The standard InChI is InChI=1S/C7H9N3O2S3/c1-4(11)8-5(12)3-14-7-9-6(13-2)10-15-7/h3H2,1-2H3,(H,8,11,12). The Morgan fingerprint density at radius 3 is 2.80 bits per heavy atom. The fourth-order valence-electron chi connectivity index (χ4n) is 0.698. The molecule has 0 aliphatic heterocycles. The third-order valence-electron chi connectivity index (χ3n) is 1.21. The number of rotatable bonds is 4. The van der Waals surface area contributed by atoms with E-state index in [0.717, 1.165) is 4.34 Å². The molecular weight excluding hydrogens is 254 g/mol. The summed E-state index contributed by atoms with van der Waals surface area (Å²) in [6.45, 7) is 1.30. The van der Waals surface area contributed by atoms with Gasteiger partial charge in [0.05, 0.1) is 5.75 Å². The Morgan fingerprint density at radius 1 is 1.53 bits per heavy atom. The average molecular weight is 263 g/mol. The van der Waals surface area contributed by atoms with E-state index >= 15 is 0 Å². The first kappa shape index (κ1) is 12.5. The van der Waals surface area contributed by atoms with Crippen LogP contribution in [0.25, 0.3) is 0 Å². The summed E-state index contributed by atoms with van der Waals surface area (Å²) in [4.78, 5) is 25.8. The van der Waals surface area contributed by atoms with E-state index in [1.165, 1.54) is 42.0 Å². The van der Waals surface area contributed by atoms with Crippen LogP contribution in [0.4, 0.5) is 0 Å². The fraction of sp³-hybridized carbons (Fsp3) is 0.429. The molecule has 1 aromatic heterocycles. The Morgan fingerprint density at radius 2 is 2.27 bits per heavy atom. The van der Waals surface area contributed by atoms with E-state index in [1.54, 1.807) is 0 Å². The van der Waals surface area contributed by atoms with Crippen molar-refractivity contribution in [1.29, 1.82) is 0 Å². The number of hydrogen-bond acceptors (Lipinski definition) is 7. The van der Waals surface area contributed by atoms with Crippen LogP contribution in [0.15, 0.2) is 9.50 Å². The first-order valence-corrected chi connectivity index (χ1v) is 6.91. The monoisotopic (exact) mass is 263 g/mol. The predicted molar refractivity (Wildman–Crippen MR) is 61.2 cm³/mol. The van der Waals surface area contributed by atoms with E-state index in [1.807, 2.05) is 6.26 Å². The SMILES string of the molecule is CSc1nsc(SCC(=O)NC(C)=O)n1. The van der Waals surface area contributed by atoms with Gasteiger partial charge in [0.15, 0.2) is 4.34 Å². The summed E-state index contributed by atoms with van der Waals surface area (Å²) in [6.07, 6.45) is 1.89. The van der Waals surface area contributed by atoms with Gasteiger partial charge in [-0.25, -0.2) is 4.98 Å². The lowest BCUT2D eigenvalue weighted by Gasteiger charge is -1.97. The van der Waals surface area contributed by atoms with Crippen LogP contribution in [0.5, 0.6) is 0 Å². The molecule has 0 radical (unpaired) electrons. The highest BCUT2D eigenvalue weighted by molar-refractivity contribution is 8.01. The quantitative estimate of drug-likeness (QED) is 0.818. The number of aromatic nitrogens is 2. The molecule has 0 spiro atoms. The second-order valence-electron chi connectivity index (χ2n) is 2.44. The van der Waals surface area contributed by atoms with Crippen molar-refractivity contribution in [3.05, 3.63) is 0 Å². The van der Waals surface area contributed by atoms with Crippen molar-refractivity contribution < 1.29 is 9.59 Å². The molecular formula is C7H9N3O2S3. The average Bonchev–Trinajstić information content (AvgIpc) is 2.61. The van der Waals surface area contributed by atoms with Gasteiger partial charge in [0.25, 0.3) is 0 Å². The van der Waals surface area contributed by atoms with Crippen molar-refractivity contribution in [3.8, 4) is 0 Å².